The van der Waals surface area contributed by atoms with E-state index in [4.69, 9.17) is 4.53 Å². The molecule has 0 fully saturated rings. The van der Waals surface area contributed by atoms with Crippen molar-refractivity contribution in [3.63, 3.8) is 0 Å². The fourth-order valence-electron chi connectivity index (χ4n) is 1.80. The Kier molecular flexibility index (Phi) is 6.88. The number of amides is 1. The van der Waals surface area contributed by atoms with Crippen molar-refractivity contribution in [3.8, 4) is 0 Å². The number of halogens is 1. The van der Waals surface area contributed by atoms with Crippen LogP contribution in [0.5, 0.6) is 0 Å². The maximum Gasteiger partial charge on any atom is 0.430 e. The molecule has 6 nitrogen and oxygen atoms in total. The summed E-state index contributed by atoms with van der Waals surface area (Å²) in [7, 11) is -2.26. The third kappa shape index (κ3) is 5.84. The predicted molar refractivity (Wildman–Crippen MR) is 91.4 cm³/mol. The Balaban J connectivity index is 2.60. The van der Waals surface area contributed by atoms with Crippen LogP contribution in [-0.4, -0.2) is 41.2 Å². The van der Waals surface area contributed by atoms with Crippen LogP contribution in [0, 0.1) is 5.82 Å². The summed E-state index contributed by atoms with van der Waals surface area (Å²) in [5.41, 5.74) is 0.377. The van der Waals surface area contributed by atoms with E-state index in [0.717, 1.165) is 11.3 Å². The highest BCUT2D eigenvalue weighted by molar-refractivity contribution is 6.74. The van der Waals surface area contributed by atoms with Crippen LogP contribution >= 0.6 is 0 Å². The summed E-state index contributed by atoms with van der Waals surface area (Å²) >= 11 is 0. The van der Waals surface area contributed by atoms with Gasteiger partial charge in [0.15, 0.2) is 0 Å². The summed E-state index contributed by atoms with van der Waals surface area (Å²) in [5, 5.41) is 20.2. The summed E-state index contributed by atoms with van der Waals surface area (Å²) in [4.78, 5) is 15.1. The molecule has 1 heterocycles. The molecule has 0 saturated carbocycles. The first-order valence-electron chi connectivity index (χ1n) is 7.92. The molecule has 1 aromatic rings. The molecule has 0 aliphatic heterocycles. The highest BCUT2D eigenvalue weighted by Crippen LogP contribution is 2.37. The van der Waals surface area contributed by atoms with Crippen LogP contribution in [-0.2, 0) is 4.53 Å². The number of rotatable bonds is 7. The maximum absolute atomic E-state index is 13.1. The van der Waals surface area contributed by atoms with Crippen LogP contribution in [0.2, 0.25) is 18.1 Å². The van der Waals surface area contributed by atoms with E-state index in [1.54, 1.807) is 0 Å². The SMILES string of the molecule is CC(C)(C)[Si](C)(C)ON(CCCC(O)c1cncc(F)c1)C(=O)O. The lowest BCUT2D eigenvalue weighted by molar-refractivity contribution is -0.0514. The normalized spacial score (nSPS) is 13.6. The molecular weight excluding hydrogens is 331 g/mol. The van der Waals surface area contributed by atoms with E-state index in [-0.39, 0.29) is 18.0 Å². The van der Waals surface area contributed by atoms with Crippen molar-refractivity contribution in [2.24, 2.45) is 0 Å². The zero-order valence-electron chi connectivity index (χ0n) is 14.9. The summed E-state index contributed by atoms with van der Waals surface area (Å²) < 4.78 is 18.9. The molecule has 1 atom stereocenters. The van der Waals surface area contributed by atoms with Gasteiger partial charge < -0.3 is 14.7 Å². The number of carbonyl (C=O) groups is 1. The van der Waals surface area contributed by atoms with Gasteiger partial charge in [-0.3, -0.25) is 4.98 Å². The average Bonchev–Trinajstić information content (AvgIpc) is 2.44. The van der Waals surface area contributed by atoms with Crippen LogP contribution in [0.15, 0.2) is 18.5 Å². The number of aromatic nitrogens is 1. The van der Waals surface area contributed by atoms with E-state index in [2.05, 4.69) is 4.98 Å². The molecule has 0 aliphatic carbocycles. The second kappa shape index (κ2) is 8.04. The topological polar surface area (TPSA) is 82.9 Å². The fraction of sp³-hybridized carbons (Fsp3) is 0.625. The average molecular weight is 358 g/mol. The number of carboxylic acid groups (broad SMARTS) is 1. The molecule has 1 rings (SSSR count). The van der Waals surface area contributed by atoms with E-state index < -0.39 is 26.3 Å². The molecule has 1 aromatic heterocycles. The molecule has 1 unspecified atom stereocenters. The number of hydrogen-bond donors (Lipinski definition) is 2. The van der Waals surface area contributed by atoms with E-state index in [9.17, 15) is 19.4 Å². The number of aliphatic hydroxyl groups excluding tert-OH is 1. The Morgan fingerprint density at radius 2 is 2.04 bits per heavy atom. The molecule has 24 heavy (non-hydrogen) atoms. The lowest BCUT2D eigenvalue weighted by Gasteiger charge is -2.38. The summed E-state index contributed by atoms with van der Waals surface area (Å²) in [6.07, 6.45) is 1.09. The summed E-state index contributed by atoms with van der Waals surface area (Å²) in [5.74, 6) is -0.514. The van der Waals surface area contributed by atoms with Gasteiger partial charge in [0.1, 0.15) is 5.82 Å². The number of pyridine rings is 1. The first-order valence-corrected chi connectivity index (χ1v) is 10.8. The third-order valence-corrected chi connectivity index (χ3v) is 8.60. The highest BCUT2D eigenvalue weighted by Gasteiger charge is 2.40. The Bertz CT molecular complexity index is 563. The second-order valence-corrected chi connectivity index (χ2v) is 12.0. The molecule has 8 heteroatoms. The van der Waals surface area contributed by atoms with Crippen LogP contribution in [0.1, 0.15) is 45.3 Å². The minimum Gasteiger partial charge on any atom is -0.463 e. The van der Waals surface area contributed by atoms with Gasteiger partial charge in [0.25, 0.3) is 0 Å². The van der Waals surface area contributed by atoms with Crippen LogP contribution in [0.25, 0.3) is 0 Å². The van der Waals surface area contributed by atoms with Crippen molar-refractivity contribution in [2.75, 3.05) is 6.54 Å². The Labute approximate surface area is 143 Å². The summed E-state index contributed by atoms with van der Waals surface area (Å²) in [6, 6.07) is 1.22. The minimum absolute atomic E-state index is 0.118. The Morgan fingerprint density at radius 1 is 1.42 bits per heavy atom. The van der Waals surface area contributed by atoms with Crippen molar-refractivity contribution in [2.45, 2.75) is 57.8 Å². The minimum atomic E-state index is -2.26. The molecule has 0 spiro atoms. The summed E-state index contributed by atoms with van der Waals surface area (Å²) in [6.45, 7) is 10.2. The zero-order chi connectivity index (χ0) is 18.5. The number of hydrogen-bond acceptors (Lipinski definition) is 4. The predicted octanol–water partition coefficient (Wildman–Crippen LogP) is 3.95. The van der Waals surface area contributed by atoms with Gasteiger partial charge in [-0.1, -0.05) is 20.8 Å². The number of hydroxylamine groups is 2. The standard InChI is InChI=1S/C16H27FN2O4Si/c1-16(2,3)24(4,5)23-19(15(21)22)8-6-7-14(20)12-9-13(17)11-18-10-12/h9-11,14,20H,6-8H2,1-5H3,(H,21,22). The lowest BCUT2D eigenvalue weighted by Crippen LogP contribution is -2.48. The van der Waals surface area contributed by atoms with Gasteiger partial charge in [0.2, 0.25) is 8.32 Å². The largest absolute Gasteiger partial charge is 0.463 e. The van der Waals surface area contributed by atoms with E-state index >= 15 is 0 Å². The molecule has 0 saturated heterocycles. The molecule has 0 aromatic carbocycles. The van der Waals surface area contributed by atoms with Crippen LogP contribution in [0.3, 0.4) is 0 Å². The number of nitrogens with zero attached hydrogens (tertiary/aromatic N) is 2. The Hall–Kier alpha value is -1.51. The Morgan fingerprint density at radius 3 is 2.54 bits per heavy atom. The van der Waals surface area contributed by atoms with Crippen LogP contribution < -0.4 is 0 Å². The second-order valence-electron chi connectivity index (χ2n) is 7.33. The van der Waals surface area contributed by atoms with Gasteiger partial charge in [-0.2, -0.15) is 5.06 Å². The van der Waals surface area contributed by atoms with Gasteiger partial charge in [0, 0.05) is 11.8 Å². The van der Waals surface area contributed by atoms with E-state index in [0.29, 0.717) is 12.0 Å². The van der Waals surface area contributed by atoms with Gasteiger partial charge in [-0.25, -0.2) is 9.18 Å². The lowest BCUT2D eigenvalue weighted by atomic mass is 10.1. The molecule has 0 aliphatic rings. The molecule has 1 amide bonds. The van der Waals surface area contributed by atoms with Crippen molar-refractivity contribution in [1.82, 2.24) is 10.0 Å². The molecule has 0 bridgehead atoms. The fourth-order valence-corrected chi connectivity index (χ4v) is 2.79. The van der Waals surface area contributed by atoms with Gasteiger partial charge in [0.05, 0.1) is 18.8 Å². The molecular formula is C16H27FN2O4Si. The van der Waals surface area contributed by atoms with Crippen molar-refractivity contribution < 1.29 is 23.9 Å². The van der Waals surface area contributed by atoms with Crippen LogP contribution in [0.4, 0.5) is 9.18 Å². The first-order chi connectivity index (χ1) is 10.9. The van der Waals surface area contributed by atoms with Crippen molar-refractivity contribution in [3.05, 3.63) is 29.8 Å². The van der Waals surface area contributed by atoms with Gasteiger partial charge in [-0.15, -0.1) is 0 Å². The zero-order valence-corrected chi connectivity index (χ0v) is 15.9. The van der Waals surface area contributed by atoms with Gasteiger partial charge in [-0.05, 0) is 37.0 Å². The molecule has 2 N–H and O–H groups in total. The van der Waals surface area contributed by atoms with Gasteiger partial charge >= 0.3 is 6.09 Å². The van der Waals surface area contributed by atoms with Crippen molar-refractivity contribution in [1.29, 1.82) is 0 Å². The van der Waals surface area contributed by atoms with E-state index in [1.807, 2.05) is 33.9 Å². The molecule has 0 radical (unpaired) electrons. The molecule has 136 valence electrons. The quantitative estimate of drug-likeness (QED) is 0.569. The smallest absolute Gasteiger partial charge is 0.430 e. The first kappa shape index (κ1) is 20.5. The van der Waals surface area contributed by atoms with E-state index in [1.165, 1.54) is 12.3 Å². The van der Waals surface area contributed by atoms with Crippen molar-refractivity contribution >= 4 is 14.4 Å². The number of aliphatic hydroxyl groups is 1. The maximum atomic E-state index is 13.1. The monoisotopic (exact) mass is 358 g/mol. The third-order valence-electron chi connectivity index (χ3n) is 4.31. The highest BCUT2D eigenvalue weighted by atomic mass is 28.4.